The minimum Gasteiger partial charge on any atom is -0.454 e. The Kier molecular flexibility index (Phi) is 5.30. The van der Waals surface area contributed by atoms with Crippen molar-refractivity contribution in [2.24, 2.45) is 0 Å². The van der Waals surface area contributed by atoms with E-state index in [9.17, 15) is 9.59 Å². The lowest BCUT2D eigenvalue weighted by molar-refractivity contribution is -0.121. The number of hydrogen-bond acceptors (Lipinski definition) is 7. The summed E-state index contributed by atoms with van der Waals surface area (Å²) in [6.45, 7) is 0.118. The molecule has 1 aliphatic rings. The van der Waals surface area contributed by atoms with Gasteiger partial charge in [-0.25, -0.2) is 0 Å². The van der Waals surface area contributed by atoms with Crippen LogP contribution >= 0.6 is 11.6 Å². The van der Waals surface area contributed by atoms with Gasteiger partial charge in [-0.1, -0.05) is 16.8 Å². The van der Waals surface area contributed by atoms with Gasteiger partial charge in [0.05, 0.1) is 0 Å². The predicted molar refractivity (Wildman–Crippen MR) is 101 cm³/mol. The number of fused-ring (bicyclic) bond motifs is 1. The Bertz CT molecular complexity index is 1050. The van der Waals surface area contributed by atoms with E-state index < -0.39 is 11.8 Å². The van der Waals surface area contributed by atoms with E-state index in [-0.39, 0.29) is 19.6 Å². The van der Waals surface area contributed by atoms with E-state index in [1.165, 1.54) is 0 Å². The second kappa shape index (κ2) is 8.19. The number of hydrazine groups is 1. The van der Waals surface area contributed by atoms with Gasteiger partial charge in [0.1, 0.15) is 0 Å². The molecule has 0 aliphatic carbocycles. The van der Waals surface area contributed by atoms with Crippen molar-refractivity contribution in [3.05, 3.63) is 58.9 Å². The van der Waals surface area contributed by atoms with Crippen LogP contribution in [0.3, 0.4) is 0 Å². The highest BCUT2D eigenvalue weighted by Crippen LogP contribution is 2.32. The lowest BCUT2D eigenvalue weighted by Gasteiger charge is -2.07. The number of nitrogens with zero attached hydrogens (tertiary/aromatic N) is 2. The molecule has 10 heteroatoms. The van der Waals surface area contributed by atoms with Gasteiger partial charge in [-0.05, 0) is 42.5 Å². The average Bonchev–Trinajstić information content (AvgIpc) is 3.40. The van der Waals surface area contributed by atoms with Crippen LogP contribution in [0.2, 0.25) is 5.02 Å². The maximum atomic E-state index is 12.1. The van der Waals surface area contributed by atoms with Crippen molar-refractivity contribution >= 4 is 23.4 Å². The molecule has 1 aliphatic heterocycles. The van der Waals surface area contributed by atoms with Gasteiger partial charge >= 0.3 is 0 Å². The van der Waals surface area contributed by atoms with Gasteiger partial charge in [0, 0.05) is 29.0 Å². The van der Waals surface area contributed by atoms with Crippen molar-refractivity contribution in [1.82, 2.24) is 21.0 Å². The van der Waals surface area contributed by atoms with Crippen LogP contribution < -0.4 is 20.3 Å². The second-order valence-corrected chi connectivity index (χ2v) is 6.53. The molecule has 0 unspecified atom stereocenters. The number of carbonyl (C=O) groups is 2. The number of amides is 2. The van der Waals surface area contributed by atoms with Crippen molar-refractivity contribution in [3.63, 3.8) is 0 Å². The molecule has 2 N–H and O–H groups in total. The number of benzene rings is 2. The Morgan fingerprint density at radius 3 is 2.66 bits per heavy atom. The minimum atomic E-state index is -0.473. The highest BCUT2D eigenvalue weighted by Gasteiger charge is 2.17. The molecule has 29 heavy (non-hydrogen) atoms. The quantitative estimate of drug-likeness (QED) is 0.616. The summed E-state index contributed by atoms with van der Waals surface area (Å²) < 4.78 is 15.6. The van der Waals surface area contributed by atoms with Gasteiger partial charge in [0.15, 0.2) is 11.5 Å². The van der Waals surface area contributed by atoms with Crippen molar-refractivity contribution < 1.29 is 23.6 Å². The van der Waals surface area contributed by atoms with Gasteiger partial charge in [-0.2, -0.15) is 4.98 Å². The lowest BCUT2D eigenvalue weighted by atomic mass is 10.2. The average molecular weight is 415 g/mol. The van der Waals surface area contributed by atoms with Crippen LogP contribution in [0.1, 0.15) is 22.7 Å². The Morgan fingerprint density at radius 2 is 1.83 bits per heavy atom. The number of hydrogen-bond donors (Lipinski definition) is 2. The molecule has 2 heterocycles. The Balaban J connectivity index is 1.26. The maximum absolute atomic E-state index is 12.1. The molecule has 148 valence electrons. The zero-order chi connectivity index (χ0) is 20.2. The molecule has 0 atom stereocenters. The lowest BCUT2D eigenvalue weighted by Crippen LogP contribution is -2.41. The zero-order valence-electron chi connectivity index (χ0n) is 15.0. The van der Waals surface area contributed by atoms with E-state index in [0.717, 1.165) is 5.56 Å². The summed E-state index contributed by atoms with van der Waals surface area (Å²) in [4.78, 5) is 28.4. The van der Waals surface area contributed by atoms with Crippen LogP contribution in [0.5, 0.6) is 11.5 Å². The van der Waals surface area contributed by atoms with Gasteiger partial charge < -0.3 is 14.0 Å². The van der Waals surface area contributed by atoms with Crippen LogP contribution in [-0.4, -0.2) is 28.7 Å². The first-order valence-electron chi connectivity index (χ1n) is 8.66. The first-order chi connectivity index (χ1) is 14.1. The van der Waals surface area contributed by atoms with Crippen LogP contribution in [0, 0.1) is 0 Å². The SMILES string of the molecule is O=C(CCc1nc(-c2ccc(Cl)cc2)no1)NNC(=O)c1ccc2c(c1)OCO2. The van der Waals surface area contributed by atoms with Crippen LogP contribution in [0.15, 0.2) is 47.0 Å². The molecule has 4 rings (SSSR count). The number of carbonyl (C=O) groups excluding carboxylic acids is 2. The molecule has 1 aromatic heterocycles. The molecule has 0 fully saturated rings. The number of nitrogens with one attached hydrogen (secondary N) is 2. The fourth-order valence-corrected chi connectivity index (χ4v) is 2.72. The Hall–Kier alpha value is -3.59. The Labute approximate surface area is 169 Å². The van der Waals surface area contributed by atoms with Crippen molar-refractivity contribution in [2.75, 3.05) is 6.79 Å². The first kappa shape index (κ1) is 18.8. The van der Waals surface area contributed by atoms with Gasteiger partial charge in [0.2, 0.25) is 24.4 Å². The van der Waals surface area contributed by atoms with E-state index >= 15 is 0 Å². The summed E-state index contributed by atoms with van der Waals surface area (Å²) in [7, 11) is 0. The fraction of sp³-hybridized carbons (Fsp3) is 0.158. The molecule has 2 amide bonds. The van der Waals surface area contributed by atoms with Crippen LogP contribution in [0.4, 0.5) is 0 Å². The third-order valence-electron chi connectivity index (χ3n) is 4.09. The summed E-state index contributed by atoms with van der Waals surface area (Å²) in [6.07, 6.45) is 0.288. The molecular formula is C19H15ClN4O5. The second-order valence-electron chi connectivity index (χ2n) is 6.09. The topological polar surface area (TPSA) is 116 Å². The van der Waals surface area contributed by atoms with E-state index in [0.29, 0.717) is 33.8 Å². The molecular weight excluding hydrogens is 400 g/mol. The zero-order valence-corrected chi connectivity index (χ0v) is 15.7. The fourth-order valence-electron chi connectivity index (χ4n) is 2.59. The highest BCUT2D eigenvalue weighted by molar-refractivity contribution is 6.30. The normalized spacial score (nSPS) is 11.9. The molecule has 0 spiro atoms. The third kappa shape index (κ3) is 4.46. The number of ether oxygens (including phenoxy) is 2. The molecule has 9 nitrogen and oxygen atoms in total. The molecule has 3 aromatic rings. The van der Waals surface area contributed by atoms with E-state index in [1.807, 2.05) is 0 Å². The molecule has 0 radical (unpaired) electrons. The van der Waals surface area contributed by atoms with E-state index in [2.05, 4.69) is 21.0 Å². The largest absolute Gasteiger partial charge is 0.454 e. The molecule has 0 bridgehead atoms. The number of rotatable bonds is 5. The monoisotopic (exact) mass is 414 g/mol. The van der Waals surface area contributed by atoms with E-state index in [1.54, 1.807) is 42.5 Å². The highest BCUT2D eigenvalue weighted by atomic mass is 35.5. The predicted octanol–water partition coefficient (Wildman–Crippen LogP) is 2.51. The summed E-state index contributed by atoms with van der Waals surface area (Å²) in [6, 6.07) is 11.7. The summed E-state index contributed by atoms with van der Waals surface area (Å²) >= 11 is 5.85. The van der Waals surface area contributed by atoms with E-state index in [4.69, 9.17) is 25.6 Å². The number of halogens is 1. The third-order valence-corrected chi connectivity index (χ3v) is 4.34. The van der Waals surface area contributed by atoms with Gasteiger partial charge in [0.25, 0.3) is 5.91 Å². The summed E-state index contributed by atoms with van der Waals surface area (Å²) in [5.41, 5.74) is 5.78. The van der Waals surface area contributed by atoms with Gasteiger partial charge in [-0.15, -0.1) is 0 Å². The molecule has 0 saturated carbocycles. The summed E-state index contributed by atoms with van der Waals surface area (Å²) in [5.74, 6) is 0.908. The van der Waals surface area contributed by atoms with Crippen molar-refractivity contribution in [1.29, 1.82) is 0 Å². The van der Waals surface area contributed by atoms with Gasteiger partial charge in [-0.3, -0.25) is 20.4 Å². The first-order valence-corrected chi connectivity index (χ1v) is 9.03. The molecule has 2 aromatic carbocycles. The Morgan fingerprint density at radius 1 is 1.03 bits per heavy atom. The van der Waals surface area contributed by atoms with Crippen molar-refractivity contribution in [2.45, 2.75) is 12.8 Å². The summed E-state index contributed by atoms with van der Waals surface area (Å²) in [5, 5.41) is 4.49. The van der Waals surface area contributed by atoms with Crippen LogP contribution in [-0.2, 0) is 11.2 Å². The smallest absolute Gasteiger partial charge is 0.269 e. The molecule has 0 saturated heterocycles. The number of aryl methyl sites for hydroxylation is 1. The van der Waals surface area contributed by atoms with Crippen molar-refractivity contribution in [3.8, 4) is 22.9 Å². The maximum Gasteiger partial charge on any atom is 0.269 e. The minimum absolute atomic E-state index is 0.0592. The van der Waals surface area contributed by atoms with Crippen LogP contribution in [0.25, 0.3) is 11.4 Å². The number of aromatic nitrogens is 2. The standard InChI is InChI=1S/C19H15ClN4O5/c20-13-4-1-11(2-5-13)18-21-17(29-24-18)8-7-16(25)22-23-19(26)12-3-6-14-15(9-12)28-10-27-14/h1-6,9H,7-8,10H2,(H,22,25)(H,23,26).